The van der Waals surface area contributed by atoms with Crippen LogP contribution in [-0.2, 0) is 23.3 Å². The largest absolute Gasteiger partial charge is 0.436 e. The molecule has 0 unspecified atom stereocenters. The van der Waals surface area contributed by atoms with E-state index in [4.69, 9.17) is 11.6 Å². The van der Waals surface area contributed by atoms with E-state index in [1.54, 1.807) is 0 Å². The maximum atomic E-state index is 13.2. The summed E-state index contributed by atoms with van der Waals surface area (Å²) >= 11 is 10.3. The fourth-order valence-electron chi connectivity index (χ4n) is 2.08. The van der Waals surface area contributed by atoms with Gasteiger partial charge in [-0.05, 0) is 37.9 Å². The molecule has 1 heterocycles. The first kappa shape index (κ1) is 24.2. The number of amides is 1. The van der Waals surface area contributed by atoms with Crippen molar-refractivity contribution in [2.24, 2.45) is 0 Å². The minimum atomic E-state index is -5.33. The lowest BCUT2D eigenvalue weighted by Crippen LogP contribution is -2.22. The van der Waals surface area contributed by atoms with Crippen LogP contribution in [0.1, 0.15) is 16.8 Å². The van der Waals surface area contributed by atoms with Crippen LogP contribution in [0.2, 0.25) is 4.47 Å². The van der Waals surface area contributed by atoms with Crippen LogP contribution in [0, 0.1) is 0 Å². The number of hydrogen-bond acceptors (Lipinski definition) is 3. The molecule has 16 heteroatoms. The molecule has 1 amide bonds. The standard InChI is InChI=1S/C13H2Br2ClF9N2OS/c14-5-3(11(17,18)19)1-4(12(20,21)22)6(15)7(5)27(2-28)9-8(13(23,24)25)26-10(16)29-9/h1-2H. The first-order chi connectivity index (χ1) is 13.0. The first-order valence-corrected chi connectivity index (χ1v) is 9.42. The lowest BCUT2D eigenvalue weighted by atomic mass is 10.1. The predicted molar refractivity (Wildman–Crippen MR) is 92.2 cm³/mol. The predicted octanol–water partition coefficient (Wildman–Crippen LogP) is 7.67. The Morgan fingerprint density at radius 3 is 1.72 bits per heavy atom. The van der Waals surface area contributed by atoms with Gasteiger partial charge in [-0.1, -0.05) is 22.9 Å². The lowest BCUT2D eigenvalue weighted by molar-refractivity contribution is -0.144. The Morgan fingerprint density at radius 1 is 0.931 bits per heavy atom. The Morgan fingerprint density at radius 2 is 1.38 bits per heavy atom. The molecule has 0 atom stereocenters. The van der Waals surface area contributed by atoms with Crippen molar-refractivity contribution in [1.29, 1.82) is 0 Å². The van der Waals surface area contributed by atoms with Gasteiger partial charge in [0.25, 0.3) is 0 Å². The summed E-state index contributed by atoms with van der Waals surface area (Å²) in [4.78, 5) is 14.4. The van der Waals surface area contributed by atoms with Gasteiger partial charge in [-0.15, -0.1) is 0 Å². The second-order valence-corrected chi connectivity index (χ2v) is 8.18. The summed E-state index contributed by atoms with van der Waals surface area (Å²) in [7, 11) is 0. The Balaban J connectivity index is 2.94. The van der Waals surface area contributed by atoms with E-state index in [1.165, 1.54) is 0 Å². The summed E-state index contributed by atoms with van der Waals surface area (Å²) in [5.74, 6) is 0. The Hall–Kier alpha value is -1.06. The van der Waals surface area contributed by atoms with E-state index in [0.717, 1.165) is 0 Å². The van der Waals surface area contributed by atoms with Crippen LogP contribution in [0.4, 0.5) is 50.2 Å². The molecule has 0 fully saturated rings. The number of alkyl halides is 9. The van der Waals surface area contributed by atoms with E-state index >= 15 is 0 Å². The Labute approximate surface area is 180 Å². The van der Waals surface area contributed by atoms with Crippen molar-refractivity contribution in [3.8, 4) is 0 Å². The molecular weight excluding hydrogens is 598 g/mol. The number of hydrogen-bond donors (Lipinski definition) is 0. The molecule has 0 radical (unpaired) electrons. The summed E-state index contributed by atoms with van der Waals surface area (Å²) in [6.07, 6.45) is -16.2. The second-order valence-electron chi connectivity index (χ2n) is 5.04. The topological polar surface area (TPSA) is 33.2 Å². The highest BCUT2D eigenvalue weighted by Gasteiger charge is 2.44. The maximum Gasteiger partial charge on any atom is 0.436 e. The van der Waals surface area contributed by atoms with E-state index in [1.807, 2.05) is 0 Å². The smallest absolute Gasteiger partial charge is 0.278 e. The molecule has 29 heavy (non-hydrogen) atoms. The number of nitrogens with zero attached hydrogens (tertiary/aromatic N) is 2. The number of thiazole rings is 1. The Kier molecular flexibility index (Phi) is 6.59. The molecule has 0 aliphatic carbocycles. The van der Waals surface area contributed by atoms with E-state index in [2.05, 4.69) is 36.8 Å². The van der Waals surface area contributed by atoms with Crippen LogP contribution in [0.15, 0.2) is 15.0 Å². The van der Waals surface area contributed by atoms with Crippen LogP contribution in [-0.4, -0.2) is 11.4 Å². The van der Waals surface area contributed by atoms with Crippen molar-refractivity contribution >= 4 is 71.9 Å². The summed E-state index contributed by atoms with van der Waals surface area (Å²) in [6.45, 7) is 0. The summed E-state index contributed by atoms with van der Waals surface area (Å²) < 4.78 is 116. The molecular formula is C13H2Br2ClF9N2OS. The molecule has 160 valence electrons. The van der Waals surface area contributed by atoms with Gasteiger partial charge in [0.05, 0.1) is 25.8 Å². The van der Waals surface area contributed by atoms with Crippen molar-refractivity contribution in [3.05, 3.63) is 36.3 Å². The number of carbonyl (C=O) groups excluding carboxylic acids is 1. The molecule has 1 aromatic carbocycles. The van der Waals surface area contributed by atoms with Crippen LogP contribution >= 0.6 is 54.8 Å². The van der Waals surface area contributed by atoms with Gasteiger partial charge in [0.1, 0.15) is 5.00 Å². The van der Waals surface area contributed by atoms with Gasteiger partial charge in [0, 0.05) is 0 Å². The number of carbonyl (C=O) groups is 1. The average Bonchev–Trinajstić information content (AvgIpc) is 2.90. The van der Waals surface area contributed by atoms with Gasteiger partial charge >= 0.3 is 18.5 Å². The number of benzene rings is 1. The van der Waals surface area contributed by atoms with Crippen LogP contribution in [0.25, 0.3) is 0 Å². The van der Waals surface area contributed by atoms with E-state index in [9.17, 15) is 44.3 Å². The minimum absolute atomic E-state index is 0.0377. The van der Waals surface area contributed by atoms with E-state index < -0.39 is 59.5 Å². The number of rotatable bonds is 3. The third kappa shape index (κ3) is 4.82. The fourth-order valence-corrected chi connectivity index (χ4v) is 4.90. The van der Waals surface area contributed by atoms with E-state index in [-0.39, 0.29) is 28.7 Å². The van der Waals surface area contributed by atoms with Crippen molar-refractivity contribution in [1.82, 2.24) is 4.98 Å². The zero-order valence-corrected chi connectivity index (χ0v) is 17.6. The highest BCUT2D eigenvalue weighted by Crippen LogP contribution is 2.52. The van der Waals surface area contributed by atoms with Crippen molar-refractivity contribution in [2.75, 3.05) is 4.90 Å². The SMILES string of the molecule is O=CN(c1sc(Cl)nc1C(F)(F)F)c1c(Br)c(C(F)(F)F)cc(C(F)(F)F)c1Br. The highest BCUT2D eigenvalue weighted by atomic mass is 79.9. The molecule has 0 bridgehead atoms. The maximum absolute atomic E-state index is 13.2. The van der Waals surface area contributed by atoms with Crippen molar-refractivity contribution < 1.29 is 44.3 Å². The molecule has 0 aliphatic rings. The quantitative estimate of drug-likeness (QED) is 0.268. The summed E-state index contributed by atoms with van der Waals surface area (Å²) in [5, 5.41) is -1.12. The highest BCUT2D eigenvalue weighted by molar-refractivity contribution is 9.11. The molecule has 0 aliphatic heterocycles. The zero-order chi connectivity index (χ0) is 22.5. The molecule has 0 saturated heterocycles. The third-order valence-electron chi connectivity index (χ3n) is 3.21. The fraction of sp³-hybridized carbons (Fsp3) is 0.231. The van der Waals surface area contributed by atoms with Gasteiger partial charge < -0.3 is 0 Å². The molecule has 0 saturated carbocycles. The van der Waals surface area contributed by atoms with Crippen molar-refractivity contribution in [3.63, 3.8) is 0 Å². The molecule has 1 aromatic heterocycles. The first-order valence-electron chi connectivity index (χ1n) is 6.64. The number of aromatic nitrogens is 1. The van der Waals surface area contributed by atoms with Gasteiger partial charge in [-0.3, -0.25) is 9.69 Å². The van der Waals surface area contributed by atoms with E-state index in [0.29, 0.717) is 0 Å². The minimum Gasteiger partial charge on any atom is -0.278 e. The van der Waals surface area contributed by atoms with Gasteiger partial charge in [0.2, 0.25) is 6.41 Å². The summed E-state index contributed by atoms with van der Waals surface area (Å²) in [5.41, 5.74) is -6.64. The summed E-state index contributed by atoms with van der Waals surface area (Å²) in [6, 6.07) is -0.245. The van der Waals surface area contributed by atoms with Crippen LogP contribution in [0.5, 0.6) is 0 Å². The zero-order valence-electron chi connectivity index (χ0n) is 12.9. The Bertz CT molecular complexity index is 917. The second kappa shape index (κ2) is 7.89. The molecule has 2 rings (SSSR count). The third-order valence-corrected chi connectivity index (χ3v) is 5.97. The van der Waals surface area contributed by atoms with Gasteiger partial charge in [0.15, 0.2) is 10.2 Å². The molecule has 3 nitrogen and oxygen atoms in total. The van der Waals surface area contributed by atoms with Crippen molar-refractivity contribution in [2.45, 2.75) is 18.5 Å². The molecule has 2 aromatic rings. The van der Waals surface area contributed by atoms with Crippen LogP contribution in [0.3, 0.4) is 0 Å². The normalized spacial score (nSPS) is 13.0. The average molecular weight is 600 g/mol. The molecule has 0 N–H and O–H groups in total. The number of halogens is 12. The van der Waals surface area contributed by atoms with Gasteiger partial charge in [-0.25, -0.2) is 4.98 Å². The van der Waals surface area contributed by atoms with Crippen LogP contribution < -0.4 is 4.90 Å². The lowest BCUT2D eigenvalue weighted by Gasteiger charge is -2.25. The van der Waals surface area contributed by atoms with Gasteiger partial charge in [-0.2, -0.15) is 39.5 Å². The molecule has 0 spiro atoms. The number of anilines is 2. The monoisotopic (exact) mass is 598 g/mol.